The first-order valence-corrected chi connectivity index (χ1v) is 7.66. The summed E-state index contributed by atoms with van der Waals surface area (Å²) in [7, 11) is 0. The molecule has 0 radical (unpaired) electrons. The number of anilines is 1. The summed E-state index contributed by atoms with van der Waals surface area (Å²) < 4.78 is 5.56. The van der Waals surface area contributed by atoms with Gasteiger partial charge in [-0.1, -0.05) is 30.3 Å². The smallest absolute Gasteiger partial charge is 0.321 e. The molecule has 2 N–H and O–H groups in total. The Morgan fingerprint density at radius 2 is 2.17 bits per heavy atom. The van der Waals surface area contributed by atoms with E-state index in [9.17, 15) is 4.79 Å². The zero-order valence-corrected chi connectivity index (χ0v) is 12.9. The van der Waals surface area contributed by atoms with Crippen molar-refractivity contribution in [2.24, 2.45) is 0 Å². The number of amides is 2. The molecule has 2 aromatic rings. The first kappa shape index (κ1) is 15.4. The first-order valence-electron chi connectivity index (χ1n) is 7.66. The van der Waals surface area contributed by atoms with E-state index in [0.717, 1.165) is 25.0 Å². The van der Waals surface area contributed by atoms with Crippen molar-refractivity contribution in [2.45, 2.75) is 31.9 Å². The molecule has 1 aliphatic heterocycles. The maximum atomic E-state index is 12.0. The summed E-state index contributed by atoms with van der Waals surface area (Å²) in [4.78, 5) is 16.4. The van der Waals surface area contributed by atoms with Crippen LogP contribution in [0.3, 0.4) is 0 Å². The van der Waals surface area contributed by atoms with Crippen LogP contribution in [0.5, 0.6) is 0 Å². The Morgan fingerprint density at radius 1 is 1.35 bits per heavy atom. The van der Waals surface area contributed by atoms with Crippen molar-refractivity contribution < 1.29 is 9.53 Å². The van der Waals surface area contributed by atoms with Gasteiger partial charge in [-0.3, -0.25) is 5.32 Å². The van der Waals surface area contributed by atoms with Crippen molar-refractivity contribution >= 4 is 12.0 Å². The molecule has 7 nitrogen and oxygen atoms in total. The van der Waals surface area contributed by atoms with Crippen LogP contribution in [-0.2, 0) is 4.74 Å². The monoisotopic (exact) mass is 313 g/mol. The maximum absolute atomic E-state index is 12.0. The van der Waals surface area contributed by atoms with Crippen LogP contribution in [0.1, 0.15) is 19.8 Å². The number of nitrogens with zero attached hydrogens (tertiary/aromatic N) is 3. The van der Waals surface area contributed by atoms with Crippen molar-refractivity contribution in [1.82, 2.24) is 20.5 Å². The quantitative estimate of drug-likeness (QED) is 0.903. The van der Waals surface area contributed by atoms with Crippen molar-refractivity contribution in [3.63, 3.8) is 0 Å². The van der Waals surface area contributed by atoms with E-state index in [0.29, 0.717) is 5.69 Å². The second-order valence-corrected chi connectivity index (χ2v) is 5.47. The average Bonchev–Trinajstić information content (AvgIpc) is 3.10. The molecular formula is C16H19N5O2. The molecule has 0 spiro atoms. The van der Waals surface area contributed by atoms with E-state index < -0.39 is 0 Å². The molecule has 2 heterocycles. The molecule has 23 heavy (non-hydrogen) atoms. The van der Waals surface area contributed by atoms with Gasteiger partial charge in [0.05, 0.1) is 24.0 Å². The molecule has 0 aliphatic carbocycles. The van der Waals surface area contributed by atoms with Crippen molar-refractivity contribution in [2.75, 3.05) is 11.9 Å². The molecule has 0 saturated carbocycles. The van der Waals surface area contributed by atoms with Crippen LogP contribution in [0.4, 0.5) is 10.7 Å². The van der Waals surface area contributed by atoms with Crippen LogP contribution >= 0.6 is 0 Å². The van der Waals surface area contributed by atoms with Crippen LogP contribution in [0.2, 0.25) is 0 Å². The van der Waals surface area contributed by atoms with Crippen LogP contribution < -0.4 is 10.6 Å². The van der Waals surface area contributed by atoms with Gasteiger partial charge < -0.3 is 10.1 Å². The predicted molar refractivity (Wildman–Crippen MR) is 85.9 cm³/mol. The summed E-state index contributed by atoms with van der Waals surface area (Å²) in [6.45, 7) is 2.68. The van der Waals surface area contributed by atoms with Gasteiger partial charge in [-0.2, -0.15) is 5.10 Å². The molecule has 0 bridgehead atoms. The fourth-order valence-corrected chi connectivity index (χ4v) is 2.54. The number of hydrogen-bond donors (Lipinski definition) is 2. The van der Waals surface area contributed by atoms with Crippen molar-refractivity contribution in [3.8, 4) is 11.3 Å². The molecule has 1 aliphatic rings. The standard InChI is InChI=1S/C16H19N5O2/c1-11(14-8-5-9-23-14)18-16(22)20-15-19-13(10-17-21-15)12-6-3-2-4-7-12/h2-4,6-7,10-11,14H,5,8-9H2,1H3,(H2,18,19,20,21,22)/t11-,14-/m0/s1. The van der Waals surface area contributed by atoms with Crippen LogP contribution in [-0.4, -0.2) is 40.0 Å². The number of nitrogens with one attached hydrogen (secondary N) is 2. The average molecular weight is 313 g/mol. The fraction of sp³-hybridized carbons (Fsp3) is 0.375. The predicted octanol–water partition coefficient (Wildman–Crippen LogP) is 2.23. The van der Waals surface area contributed by atoms with Gasteiger partial charge in [-0.25, -0.2) is 9.78 Å². The largest absolute Gasteiger partial charge is 0.376 e. The number of hydrogen-bond acceptors (Lipinski definition) is 5. The van der Waals surface area contributed by atoms with Gasteiger partial charge in [-0.15, -0.1) is 5.10 Å². The summed E-state index contributed by atoms with van der Waals surface area (Å²) in [5, 5.41) is 13.2. The molecule has 2 atom stereocenters. The molecule has 2 amide bonds. The van der Waals surface area contributed by atoms with Crippen LogP contribution in [0.25, 0.3) is 11.3 Å². The molecule has 120 valence electrons. The molecule has 1 fully saturated rings. The van der Waals surface area contributed by atoms with Crippen LogP contribution in [0, 0.1) is 0 Å². The summed E-state index contributed by atoms with van der Waals surface area (Å²) >= 11 is 0. The molecule has 0 unspecified atom stereocenters. The molecule has 1 aromatic carbocycles. The molecular weight excluding hydrogens is 294 g/mol. The van der Waals surface area contributed by atoms with E-state index in [1.165, 1.54) is 0 Å². The van der Waals surface area contributed by atoms with E-state index in [2.05, 4.69) is 25.8 Å². The first-order chi connectivity index (χ1) is 11.2. The van der Waals surface area contributed by atoms with E-state index in [-0.39, 0.29) is 24.1 Å². The Balaban J connectivity index is 1.62. The molecule has 3 rings (SSSR count). The van der Waals surface area contributed by atoms with Gasteiger partial charge in [0.1, 0.15) is 0 Å². The molecule has 1 saturated heterocycles. The van der Waals surface area contributed by atoms with E-state index in [4.69, 9.17) is 4.74 Å². The second kappa shape index (κ2) is 7.15. The van der Waals surface area contributed by atoms with Crippen LogP contribution in [0.15, 0.2) is 36.5 Å². The zero-order chi connectivity index (χ0) is 16.1. The lowest BCUT2D eigenvalue weighted by molar-refractivity contribution is 0.0868. The number of ether oxygens (including phenoxy) is 1. The Kier molecular flexibility index (Phi) is 4.77. The third-order valence-electron chi connectivity index (χ3n) is 3.74. The highest BCUT2D eigenvalue weighted by Gasteiger charge is 2.23. The van der Waals surface area contributed by atoms with E-state index in [1.807, 2.05) is 37.3 Å². The zero-order valence-electron chi connectivity index (χ0n) is 12.9. The van der Waals surface area contributed by atoms with Gasteiger partial charge in [0.25, 0.3) is 5.95 Å². The molecule has 1 aromatic heterocycles. The highest BCUT2D eigenvalue weighted by Crippen LogP contribution is 2.17. The highest BCUT2D eigenvalue weighted by atomic mass is 16.5. The number of carbonyl (C=O) groups excluding carboxylic acids is 1. The minimum atomic E-state index is -0.361. The number of urea groups is 1. The van der Waals surface area contributed by atoms with Gasteiger partial charge in [-0.05, 0) is 19.8 Å². The Morgan fingerprint density at radius 3 is 2.91 bits per heavy atom. The topological polar surface area (TPSA) is 89.0 Å². The third-order valence-corrected chi connectivity index (χ3v) is 3.74. The van der Waals surface area contributed by atoms with Crippen molar-refractivity contribution in [1.29, 1.82) is 0 Å². The van der Waals surface area contributed by atoms with Gasteiger partial charge in [0.15, 0.2) is 0 Å². The van der Waals surface area contributed by atoms with Crippen molar-refractivity contribution in [3.05, 3.63) is 36.5 Å². The normalized spacial score (nSPS) is 18.4. The Labute approximate surface area is 134 Å². The van der Waals surface area contributed by atoms with Gasteiger partial charge >= 0.3 is 6.03 Å². The fourth-order valence-electron chi connectivity index (χ4n) is 2.54. The number of rotatable bonds is 4. The lowest BCUT2D eigenvalue weighted by Gasteiger charge is -2.19. The number of aromatic nitrogens is 3. The lowest BCUT2D eigenvalue weighted by Crippen LogP contribution is -2.43. The molecule has 7 heteroatoms. The van der Waals surface area contributed by atoms with E-state index in [1.54, 1.807) is 6.20 Å². The maximum Gasteiger partial charge on any atom is 0.321 e. The minimum absolute atomic E-state index is 0.0652. The number of carbonyl (C=O) groups is 1. The van der Waals surface area contributed by atoms with Gasteiger partial charge in [0, 0.05) is 12.2 Å². The summed E-state index contributed by atoms with van der Waals surface area (Å²) in [6, 6.07) is 9.18. The SMILES string of the molecule is C[C@H](NC(=O)Nc1nncc(-c2ccccc2)n1)[C@@H]1CCCO1. The van der Waals surface area contributed by atoms with E-state index >= 15 is 0 Å². The highest BCUT2D eigenvalue weighted by molar-refractivity contribution is 5.87. The summed E-state index contributed by atoms with van der Waals surface area (Å²) in [6.07, 6.45) is 3.62. The van der Waals surface area contributed by atoms with Gasteiger partial charge in [0.2, 0.25) is 0 Å². The third kappa shape index (κ3) is 4.01. The summed E-state index contributed by atoms with van der Waals surface area (Å²) in [5.74, 6) is 0.170. The number of benzene rings is 1. The minimum Gasteiger partial charge on any atom is -0.376 e. The lowest BCUT2D eigenvalue weighted by atomic mass is 10.1. The Bertz CT molecular complexity index is 659. The second-order valence-electron chi connectivity index (χ2n) is 5.47. The summed E-state index contributed by atoms with van der Waals surface area (Å²) in [5.41, 5.74) is 1.57. The Hall–Kier alpha value is -2.54.